The predicted octanol–water partition coefficient (Wildman–Crippen LogP) is 2.98. The lowest BCUT2D eigenvalue weighted by molar-refractivity contribution is 0.0744. The standard InChI is InChI=1S/C15H15F2NO3/c1-18(8-10-3-4-11(16)7-13(10)17)15(19)14-6-5-12(21-14)9-20-2/h3-7H,8-9H2,1-2H3. The molecule has 0 aliphatic heterocycles. The summed E-state index contributed by atoms with van der Waals surface area (Å²) in [5.74, 6) is -1.05. The molecule has 21 heavy (non-hydrogen) atoms. The Morgan fingerprint density at radius 2 is 2.05 bits per heavy atom. The van der Waals surface area contributed by atoms with E-state index in [9.17, 15) is 13.6 Å². The van der Waals surface area contributed by atoms with Crippen molar-refractivity contribution in [2.75, 3.05) is 14.2 Å². The van der Waals surface area contributed by atoms with Gasteiger partial charge < -0.3 is 14.1 Å². The quantitative estimate of drug-likeness (QED) is 0.851. The molecule has 0 aliphatic rings. The van der Waals surface area contributed by atoms with E-state index in [4.69, 9.17) is 9.15 Å². The van der Waals surface area contributed by atoms with Crippen molar-refractivity contribution in [1.29, 1.82) is 0 Å². The number of hydrogen-bond acceptors (Lipinski definition) is 3. The molecule has 0 unspecified atom stereocenters. The first-order valence-electron chi connectivity index (χ1n) is 6.28. The molecular formula is C15H15F2NO3. The molecule has 0 saturated heterocycles. The lowest BCUT2D eigenvalue weighted by Crippen LogP contribution is -2.26. The van der Waals surface area contributed by atoms with Crippen molar-refractivity contribution in [1.82, 2.24) is 4.90 Å². The van der Waals surface area contributed by atoms with Gasteiger partial charge in [0.2, 0.25) is 0 Å². The molecular weight excluding hydrogens is 280 g/mol. The van der Waals surface area contributed by atoms with Gasteiger partial charge in [0.15, 0.2) is 5.76 Å². The van der Waals surface area contributed by atoms with Crippen molar-refractivity contribution >= 4 is 5.91 Å². The number of carbonyl (C=O) groups is 1. The van der Waals surface area contributed by atoms with Crippen molar-refractivity contribution in [3.05, 3.63) is 59.1 Å². The molecule has 0 radical (unpaired) electrons. The zero-order valence-corrected chi connectivity index (χ0v) is 11.7. The van der Waals surface area contributed by atoms with Crippen LogP contribution in [0.4, 0.5) is 8.78 Å². The third-order valence-corrected chi connectivity index (χ3v) is 2.93. The number of hydrogen-bond donors (Lipinski definition) is 0. The van der Waals surface area contributed by atoms with Crippen LogP contribution >= 0.6 is 0 Å². The van der Waals surface area contributed by atoms with Crippen LogP contribution in [0.1, 0.15) is 21.9 Å². The van der Waals surface area contributed by atoms with Crippen molar-refractivity contribution < 1.29 is 22.7 Å². The van der Waals surface area contributed by atoms with E-state index in [1.54, 1.807) is 6.07 Å². The van der Waals surface area contributed by atoms with Gasteiger partial charge in [-0.05, 0) is 18.2 Å². The van der Waals surface area contributed by atoms with Crippen molar-refractivity contribution in [3.8, 4) is 0 Å². The van der Waals surface area contributed by atoms with E-state index >= 15 is 0 Å². The number of halogens is 2. The Bertz CT molecular complexity index is 640. The van der Waals surface area contributed by atoms with Gasteiger partial charge in [-0.15, -0.1) is 0 Å². The third-order valence-electron chi connectivity index (χ3n) is 2.93. The maximum atomic E-state index is 13.6. The van der Waals surface area contributed by atoms with Crippen LogP contribution in [0.3, 0.4) is 0 Å². The Morgan fingerprint density at radius 1 is 1.29 bits per heavy atom. The Labute approximate surface area is 120 Å². The third kappa shape index (κ3) is 3.66. The summed E-state index contributed by atoms with van der Waals surface area (Å²) < 4.78 is 36.6. The second kappa shape index (κ2) is 6.49. The summed E-state index contributed by atoms with van der Waals surface area (Å²) in [5.41, 5.74) is 0.232. The molecule has 0 bridgehead atoms. The van der Waals surface area contributed by atoms with Crippen LogP contribution in [0.15, 0.2) is 34.7 Å². The normalized spacial score (nSPS) is 10.7. The molecule has 0 atom stereocenters. The fourth-order valence-corrected chi connectivity index (χ4v) is 1.88. The zero-order valence-electron chi connectivity index (χ0n) is 11.7. The van der Waals surface area contributed by atoms with E-state index in [1.165, 1.54) is 31.2 Å². The Balaban J connectivity index is 2.08. The molecule has 6 heteroatoms. The first-order chi connectivity index (χ1) is 10.0. The molecule has 2 rings (SSSR count). The maximum Gasteiger partial charge on any atom is 0.289 e. The minimum absolute atomic E-state index is 0.0191. The van der Waals surface area contributed by atoms with Gasteiger partial charge in [0.25, 0.3) is 5.91 Å². The van der Waals surface area contributed by atoms with Gasteiger partial charge in [-0.1, -0.05) is 6.07 Å². The van der Waals surface area contributed by atoms with Crippen molar-refractivity contribution in [2.24, 2.45) is 0 Å². The summed E-state index contributed by atoms with van der Waals surface area (Å²) in [6, 6.07) is 6.43. The number of nitrogens with zero attached hydrogens (tertiary/aromatic N) is 1. The van der Waals surface area contributed by atoms with Crippen LogP contribution in [0.2, 0.25) is 0 Å². The highest BCUT2D eigenvalue weighted by molar-refractivity contribution is 5.91. The van der Waals surface area contributed by atoms with Gasteiger partial charge in [-0.2, -0.15) is 0 Å². The highest BCUT2D eigenvalue weighted by atomic mass is 19.1. The SMILES string of the molecule is COCc1ccc(C(=O)N(C)Cc2ccc(F)cc2F)o1. The predicted molar refractivity (Wildman–Crippen MR) is 71.6 cm³/mol. The second-order valence-corrected chi connectivity index (χ2v) is 4.60. The number of benzene rings is 1. The van der Waals surface area contributed by atoms with Crippen LogP contribution < -0.4 is 0 Å². The number of methoxy groups -OCH3 is 1. The molecule has 0 N–H and O–H groups in total. The van der Waals surface area contributed by atoms with Crippen LogP contribution in [0, 0.1) is 11.6 Å². The van der Waals surface area contributed by atoms with Crippen molar-refractivity contribution in [3.63, 3.8) is 0 Å². The van der Waals surface area contributed by atoms with Crippen LogP contribution in [-0.2, 0) is 17.9 Å². The van der Waals surface area contributed by atoms with Crippen LogP contribution in [0.5, 0.6) is 0 Å². The molecule has 1 aromatic heterocycles. The van der Waals surface area contributed by atoms with E-state index < -0.39 is 11.6 Å². The molecule has 112 valence electrons. The van der Waals surface area contributed by atoms with Crippen LogP contribution in [-0.4, -0.2) is 25.0 Å². The molecule has 0 saturated carbocycles. The summed E-state index contributed by atoms with van der Waals surface area (Å²) in [6.07, 6.45) is 0. The maximum absolute atomic E-state index is 13.6. The Kier molecular flexibility index (Phi) is 4.70. The minimum Gasteiger partial charge on any atom is -0.453 e. The first kappa shape index (κ1) is 15.2. The summed E-state index contributed by atoms with van der Waals surface area (Å²) in [6.45, 7) is 0.287. The number of carbonyl (C=O) groups excluding carboxylic acids is 1. The number of amides is 1. The van der Waals surface area contributed by atoms with Gasteiger partial charge in [0.05, 0.1) is 0 Å². The summed E-state index contributed by atoms with van der Waals surface area (Å²) >= 11 is 0. The minimum atomic E-state index is -0.686. The highest BCUT2D eigenvalue weighted by Crippen LogP contribution is 2.15. The van der Waals surface area contributed by atoms with E-state index in [1.807, 2.05) is 0 Å². The number of ether oxygens (including phenoxy) is 1. The Hall–Kier alpha value is -2.21. The molecule has 1 aromatic carbocycles. The first-order valence-corrected chi connectivity index (χ1v) is 6.28. The average Bonchev–Trinajstić information content (AvgIpc) is 2.90. The Morgan fingerprint density at radius 3 is 2.71 bits per heavy atom. The summed E-state index contributed by atoms with van der Waals surface area (Å²) in [7, 11) is 3.04. The topological polar surface area (TPSA) is 42.7 Å². The second-order valence-electron chi connectivity index (χ2n) is 4.60. The van der Waals surface area contributed by atoms with Gasteiger partial charge >= 0.3 is 0 Å². The fourth-order valence-electron chi connectivity index (χ4n) is 1.88. The van der Waals surface area contributed by atoms with Gasteiger partial charge in [0.1, 0.15) is 24.0 Å². The molecule has 1 amide bonds. The molecule has 0 fully saturated rings. The molecule has 1 heterocycles. The summed E-state index contributed by atoms with van der Waals surface area (Å²) in [5, 5.41) is 0. The lowest BCUT2D eigenvalue weighted by Gasteiger charge is -2.16. The van der Waals surface area contributed by atoms with Gasteiger partial charge in [-0.25, -0.2) is 8.78 Å². The molecule has 0 spiro atoms. The van der Waals surface area contributed by atoms with E-state index in [2.05, 4.69) is 0 Å². The highest BCUT2D eigenvalue weighted by Gasteiger charge is 2.17. The smallest absolute Gasteiger partial charge is 0.289 e. The number of rotatable bonds is 5. The fraction of sp³-hybridized carbons (Fsp3) is 0.267. The van der Waals surface area contributed by atoms with Gasteiger partial charge in [-0.3, -0.25) is 4.79 Å². The monoisotopic (exact) mass is 295 g/mol. The zero-order chi connectivity index (χ0) is 15.4. The molecule has 2 aromatic rings. The van der Waals surface area contributed by atoms with Crippen LogP contribution in [0.25, 0.3) is 0 Å². The average molecular weight is 295 g/mol. The van der Waals surface area contributed by atoms with Gasteiger partial charge in [0, 0.05) is 32.3 Å². The molecule has 0 aliphatic carbocycles. The largest absolute Gasteiger partial charge is 0.453 e. The van der Waals surface area contributed by atoms with E-state index in [-0.39, 0.29) is 30.4 Å². The number of furan rings is 1. The van der Waals surface area contributed by atoms with E-state index in [0.717, 1.165) is 12.1 Å². The molecule has 4 nitrogen and oxygen atoms in total. The van der Waals surface area contributed by atoms with E-state index in [0.29, 0.717) is 5.76 Å². The van der Waals surface area contributed by atoms with Crippen molar-refractivity contribution in [2.45, 2.75) is 13.2 Å². The lowest BCUT2D eigenvalue weighted by atomic mass is 10.2. The summed E-state index contributed by atoms with van der Waals surface area (Å²) in [4.78, 5) is 13.4.